The molecule has 5 nitrogen and oxygen atoms in total. The first kappa shape index (κ1) is 8.96. The summed E-state index contributed by atoms with van der Waals surface area (Å²) in [6.45, 7) is 0.933. The van der Waals surface area contributed by atoms with Crippen LogP contribution in [0.2, 0.25) is 0 Å². The fraction of sp³-hybridized carbons (Fsp3) is 0.857. The lowest BCUT2D eigenvalue weighted by atomic mass is 9.90. The number of piperazine rings is 1. The van der Waals surface area contributed by atoms with Crippen LogP contribution in [0.4, 0.5) is 0 Å². The fourth-order valence-corrected chi connectivity index (χ4v) is 2.93. The molecule has 0 aromatic rings. The van der Waals surface area contributed by atoms with Gasteiger partial charge in [0.1, 0.15) is 0 Å². The van der Waals surface area contributed by atoms with Crippen molar-refractivity contribution < 1.29 is 13.2 Å². The first-order valence-electron chi connectivity index (χ1n) is 4.20. The Morgan fingerprint density at radius 2 is 1.85 bits per heavy atom. The molecule has 0 aromatic heterocycles. The number of sulfonamides is 1. The number of rotatable bonds is 2. The molecule has 2 bridgehead atoms. The number of fused-ring (bicyclic) bond motifs is 2. The second-order valence-electron chi connectivity index (χ2n) is 3.68. The van der Waals surface area contributed by atoms with Crippen LogP contribution in [-0.2, 0) is 14.8 Å². The summed E-state index contributed by atoms with van der Waals surface area (Å²) >= 11 is 0. The molecule has 3 rings (SSSR count). The van der Waals surface area contributed by atoms with Crippen molar-refractivity contribution in [3.63, 3.8) is 0 Å². The second-order valence-corrected chi connectivity index (χ2v) is 5.66. The Balaban J connectivity index is 2.09. The molecule has 6 heteroatoms. The first-order valence-corrected chi connectivity index (χ1v) is 6.05. The molecule has 1 amide bonds. The fourth-order valence-electron chi connectivity index (χ4n) is 2.04. The monoisotopic (exact) mass is 204 g/mol. The van der Waals surface area contributed by atoms with Crippen molar-refractivity contribution in [2.45, 2.75) is 18.5 Å². The van der Waals surface area contributed by atoms with E-state index in [-0.39, 0.29) is 12.1 Å². The summed E-state index contributed by atoms with van der Waals surface area (Å²) in [6, 6.07) is 0.233. The van der Waals surface area contributed by atoms with Gasteiger partial charge in [-0.3, -0.25) is 4.79 Å². The molecule has 0 spiro atoms. The number of carbonyl (C=O) groups excluding carboxylic acids is 1. The Hall–Kier alpha value is -0.620. The van der Waals surface area contributed by atoms with Crippen molar-refractivity contribution in [2.24, 2.45) is 0 Å². The Labute approximate surface area is 77.4 Å². The molecule has 2 unspecified atom stereocenters. The molecule has 74 valence electrons. The molecule has 3 saturated heterocycles. The second kappa shape index (κ2) is 2.68. The van der Waals surface area contributed by atoms with E-state index in [4.69, 9.17) is 0 Å². The van der Waals surface area contributed by atoms with E-state index in [0.717, 1.165) is 12.8 Å². The Bertz CT molecular complexity index is 315. The SMILES string of the molecule is CS(=O)(=O)N1CC2CC(C1)N2C=O. The number of nitrogens with zero attached hydrogens (tertiary/aromatic N) is 2. The molecule has 3 heterocycles. The summed E-state index contributed by atoms with van der Waals surface area (Å²) in [5, 5.41) is 0. The van der Waals surface area contributed by atoms with Crippen molar-refractivity contribution >= 4 is 16.4 Å². The van der Waals surface area contributed by atoms with Gasteiger partial charge in [0.2, 0.25) is 16.4 Å². The van der Waals surface area contributed by atoms with E-state index in [2.05, 4.69) is 0 Å². The van der Waals surface area contributed by atoms with Crippen LogP contribution in [0, 0.1) is 0 Å². The van der Waals surface area contributed by atoms with Gasteiger partial charge in [-0.2, -0.15) is 4.31 Å². The van der Waals surface area contributed by atoms with Gasteiger partial charge in [0.05, 0.1) is 6.26 Å². The molecule has 3 aliphatic heterocycles. The summed E-state index contributed by atoms with van der Waals surface area (Å²) in [5.74, 6) is 0. The number of piperidine rings is 1. The minimum atomic E-state index is -3.07. The van der Waals surface area contributed by atoms with Gasteiger partial charge in [-0.1, -0.05) is 0 Å². The van der Waals surface area contributed by atoms with Crippen molar-refractivity contribution in [1.82, 2.24) is 9.21 Å². The van der Waals surface area contributed by atoms with Crippen molar-refractivity contribution in [2.75, 3.05) is 19.3 Å². The van der Waals surface area contributed by atoms with Crippen LogP contribution >= 0.6 is 0 Å². The van der Waals surface area contributed by atoms with E-state index in [0.29, 0.717) is 13.1 Å². The zero-order valence-electron chi connectivity index (χ0n) is 7.38. The van der Waals surface area contributed by atoms with Gasteiger partial charge >= 0.3 is 0 Å². The molecule has 3 aliphatic rings. The molecule has 0 aromatic carbocycles. The standard InChI is InChI=1S/C7H12N2O3S/c1-13(11,12)8-3-6-2-7(4-8)9(6)5-10/h5-7H,2-4H2,1H3. The van der Waals surface area contributed by atoms with Crippen LogP contribution in [-0.4, -0.2) is 55.5 Å². The average Bonchev–Trinajstić information content (AvgIpc) is 2.03. The molecular formula is C7H12N2O3S. The highest BCUT2D eigenvalue weighted by Crippen LogP contribution is 2.31. The van der Waals surface area contributed by atoms with E-state index in [1.165, 1.54) is 10.6 Å². The van der Waals surface area contributed by atoms with Crippen LogP contribution in [0.1, 0.15) is 6.42 Å². The number of hydrogen-bond donors (Lipinski definition) is 0. The molecule has 0 radical (unpaired) electrons. The molecule has 13 heavy (non-hydrogen) atoms. The highest BCUT2D eigenvalue weighted by molar-refractivity contribution is 7.88. The quantitative estimate of drug-likeness (QED) is 0.534. The van der Waals surface area contributed by atoms with E-state index < -0.39 is 10.0 Å². The highest BCUT2D eigenvalue weighted by atomic mass is 32.2. The maximum atomic E-state index is 11.2. The maximum absolute atomic E-state index is 11.2. The van der Waals surface area contributed by atoms with Gasteiger partial charge in [0, 0.05) is 25.2 Å². The summed E-state index contributed by atoms with van der Waals surface area (Å²) in [5.41, 5.74) is 0. The lowest BCUT2D eigenvalue weighted by molar-refractivity contribution is -0.135. The lowest BCUT2D eigenvalue weighted by Crippen LogP contribution is -2.68. The van der Waals surface area contributed by atoms with Crippen LogP contribution < -0.4 is 0 Å². The Kier molecular flexibility index (Phi) is 1.85. The molecule has 3 fully saturated rings. The van der Waals surface area contributed by atoms with Crippen molar-refractivity contribution in [3.8, 4) is 0 Å². The topological polar surface area (TPSA) is 57.7 Å². The maximum Gasteiger partial charge on any atom is 0.211 e. The third kappa shape index (κ3) is 1.34. The molecule has 2 atom stereocenters. The van der Waals surface area contributed by atoms with Gasteiger partial charge in [0.15, 0.2) is 0 Å². The molecule has 0 saturated carbocycles. The first-order chi connectivity index (χ1) is 6.02. The van der Waals surface area contributed by atoms with Crippen molar-refractivity contribution in [3.05, 3.63) is 0 Å². The average molecular weight is 204 g/mol. The summed E-state index contributed by atoms with van der Waals surface area (Å²) < 4.78 is 23.8. The minimum Gasteiger partial charge on any atom is -0.336 e. The van der Waals surface area contributed by atoms with Crippen LogP contribution in [0.15, 0.2) is 0 Å². The van der Waals surface area contributed by atoms with Crippen LogP contribution in [0.25, 0.3) is 0 Å². The highest BCUT2D eigenvalue weighted by Gasteiger charge is 2.46. The smallest absolute Gasteiger partial charge is 0.211 e. The van der Waals surface area contributed by atoms with Gasteiger partial charge in [-0.05, 0) is 6.42 Å². The predicted molar refractivity (Wildman–Crippen MR) is 46.5 cm³/mol. The lowest BCUT2D eigenvalue weighted by Gasteiger charge is -2.53. The third-order valence-corrected chi connectivity index (χ3v) is 4.04. The summed E-state index contributed by atoms with van der Waals surface area (Å²) in [6.07, 6.45) is 2.98. The molecular weight excluding hydrogens is 192 g/mol. The zero-order chi connectivity index (χ0) is 9.64. The number of hydrogen-bond acceptors (Lipinski definition) is 3. The number of carbonyl (C=O) groups is 1. The van der Waals surface area contributed by atoms with E-state index >= 15 is 0 Å². The normalized spacial score (nSPS) is 34.1. The van der Waals surface area contributed by atoms with E-state index in [1.54, 1.807) is 4.90 Å². The van der Waals surface area contributed by atoms with E-state index in [9.17, 15) is 13.2 Å². The van der Waals surface area contributed by atoms with Crippen LogP contribution in [0.3, 0.4) is 0 Å². The predicted octanol–water partition coefficient (Wildman–Crippen LogP) is -1.14. The largest absolute Gasteiger partial charge is 0.336 e. The summed E-state index contributed by atoms with van der Waals surface area (Å²) in [4.78, 5) is 12.2. The van der Waals surface area contributed by atoms with Gasteiger partial charge in [0.25, 0.3) is 0 Å². The van der Waals surface area contributed by atoms with Crippen LogP contribution in [0.5, 0.6) is 0 Å². The summed E-state index contributed by atoms with van der Waals surface area (Å²) in [7, 11) is -3.07. The minimum absolute atomic E-state index is 0.117. The van der Waals surface area contributed by atoms with Gasteiger partial charge in [-0.15, -0.1) is 0 Å². The number of amides is 1. The molecule has 0 aliphatic carbocycles. The van der Waals surface area contributed by atoms with Crippen molar-refractivity contribution in [1.29, 1.82) is 0 Å². The van der Waals surface area contributed by atoms with Gasteiger partial charge < -0.3 is 4.90 Å². The van der Waals surface area contributed by atoms with Gasteiger partial charge in [-0.25, -0.2) is 8.42 Å². The van der Waals surface area contributed by atoms with E-state index in [1.807, 2.05) is 0 Å². The Morgan fingerprint density at radius 3 is 2.23 bits per heavy atom. The zero-order valence-corrected chi connectivity index (χ0v) is 8.20. The third-order valence-electron chi connectivity index (χ3n) is 2.81. The molecule has 0 N–H and O–H groups in total. The Morgan fingerprint density at radius 1 is 1.31 bits per heavy atom.